The van der Waals surface area contributed by atoms with Crippen LogP contribution in [0.15, 0.2) is 12.1 Å². The fourth-order valence-corrected chi connectivity index (χ4v) is 3.67. The molecule has 1 fully saturated rings. The van der Waals surface area contributed by atoms with Crippen molar-refractivity contribution in [3.63, 3.8) is 0 Å². The smallest absolute Gasteiger partial charge is 0.00684 e. The van der Waals surface area contributed by atoms with Gasteiger partial charge in [0.25, 0.3) is 0 Å². The molecule has 1 N–H and O–H groups in total. The van der Waals surface area contributed by atoms with Gasteiger partial charge in [-0.25, -0.2) is 0 Å². The molecular formula is C16H27NS. The Labute approximate surface area is 116 Å². The summed E-state index contributed by atoms with van der Waals surface area (Å²) in [6.45, 7) is 8.15. The van der Waals surface area contributed by atoms with Gasteiger partial charge < -0.3 is 5.32 Å². The summed E-state index contributed by atoms with van der Waals surface area (Å²) in [7, 11) is 0. The van der Waals surface area contributed by atoms with Crippen molar-refractivity contribution in [1.29, 1.82) is 0 Å². The third-order valence-corrected chi connectivity index (χ3v) is 5.69. The highest BCUT2D eigenvalue weighted by atomic mass is 32.1. The summed E-state index contributed by atoms with van der Waals surface area (Å²) in [5.74, 6) is 0. The normalized spacial score (nSPS) is 16.2. The number of aryl methyl sites for hydroxylation is 1. The van der Waals surface area contributed by atoms with Gasteiger partial charge in [-0.1, -0.05) is 20.8 Å². The molecule has 1 saturated carbocycles. The first-order valence-corrected chi connectivity index (χ1v) is 8.34. The maximum Gasteiger partial charge on any atom is 0.00684 e. The molecule has 0 amide bonds. The molecule has 1 aliphatic carbocycles. The van der Waals surface area contributed by atoms with Crippen LogP contribution in [-0.2, 0) is 12.8 Å². The first-order chi connectivity index (χ1) is 8.71. The minimum Gasteiger partial charge on any atom is -0.313 e. The zero-order valence-electron chi connectivity index (χ0n) is 12.1. The molecule has 1 heterocycles. The lowest BCUT2D eigenvalue weighted by atomic mass is 9.78. The second kappa shape index (κ2) is 6.21. The molecule has 0 bridgehead atoms. The van der Waals surface area contributed by atoms with Crippen LogP contribution in [0.5, 0.6) is 0 Å². The minimum absolute atomic E-state index is 0.471. The average Bonchev–Trinajstić information content (AvgIpc) is 3.13. The van der Waals surface area contributed by atoms with Crippen molar-refractivity contribution < 1.29 is 0 Å². The Bertz CT molecular complexity index is 361. The summed E-state index contributed by atoms with van der Waals surface area (Å²) in [5.41, 5.74) is 0.471. The van der Waals surface area contributed by atoms with Crippen molar-refractivity contribution in [1.82, 2.24) is 5.32 Å². The average molecular weight is 265 g/mol. The van der Waals surface area contributed by atoms with E-state index in [1.807, 2.05) is 11.3 Å². The van der Waals surface area contributed by atoms with Crippen LogP contribution in [0.3, 0.4) is 0 Å². The monoisotopic (exact) mass is 265 g/mol. The zero-order chi connectivity index (χ0) is 13.0. The van der Waals surface area contributed by atoms with E-state index < -0.39 is 0 Å². The van der Waals surface area contributed by atoms with E-state index in [2.05, 4.69) is 38.2 Å². The van der Waals surface area contributed by atoms with E-state index in [1.54, 1.807) is 4.88 Å². The van der Waals surface area contributed by atoms with Gasteiger partial charge >= 0.3 is 0 Å². The third kappa shape index (κ3) is 3.58. The van der Waals surface area contributed by atoms with E-state index in [1.165, 1.54) is 49.9 Å². The molecular weight excluding hydrogens is 238 g/mol. The quantitative estimate of drug-likeness (QED) is 0.734. The first kappa shape index (κ1) is 14.1. The Morgan fingerprint density at radius 2 is 1.83 bits per heavy atom. The van der Waals surface area contributed by atoms with Gasteiger partial charge in [-0.2, -0.15) is 0 Å². The second-order valence-electron chi connectivity index (χ2n) is 5.76. The molecule has 1 aromatic heterocycles. The Balaban J connectivity index is 1.98. The summed E-state index contributed by atoms with van der Waals surface area (Å²) >= 11 is 2.01. The van der Waals surface area contributed by atoms with Gasteiger partial charge in [0, 0.05) is 22.3 Å². The molecule has 1 aromatic rings. The zero-order valence-corrected chi connectivity index (χ0v) is 12.9. The van der Waals surface area contributed by atoms with Gasteiger partial charge in [0.15, 0.2) is 0 Å². The Kier molecular flexibility index (Phi) is 4.85. The van der Waals surface area contributed by atoms with Crippen molar-refractivity contribution in [3.05, 3.63) is 21.9 Å². The van der Waals surface area contributed by atoms with Crippen LogP contribution >= 0.6 is 11.3 Å². The number of nitrogens with one attached hydrogen (secondary N) is 1. The van der Waals surface area contributed by atoms with Crippen molar-refractivity contribution >= 4 is 11.3 Å². The van der Waals surface area contributed by atoms with Crippen molar-refractivity contribution in [2.24, 2.45) is 5.41 Å². The number of thiophene rings is 1. The minimum atomic E-state index is 0.471. The molecule has 0 unspecified atom stereocenters. The molecule has 2 heteroatoms. The van der Waals surface area contributed by atoms with Gasteiger partial charge in [-0.15, -0.1) is 11.3 Å². The van der Waals surface area contributed by atoms with Crippen LogP contribution in [0.4, 0.5) is 0 Å². The molecule has 0 aliphatic heterocycles. The molecule has 0 radical (unpaired) electrons. The van der Waals surface area contributed by atoms with Crippen LogP contribution in [0.2, 0.25) is 0 Å². The predicted molar refractivity (Wildman–Crippen MR) is 81.4 cm³/mol. The van der Waals surface area contributed by atoms with Crippen LogP contribution in [0.1, 0.15) is 56.2 Å². The Morgan fingerprint density at radius 1 is 1.17 bits per heavy atom. The fourth-order valence-electron chi connectivity index (χ4n) is 2.54. The number of hydrogen-bond donors (Lipinski definition) is 1. The van der Waals surface area contributed by atoms with Crippen LogP contribution < -0.4 is 5.32 Å². The van der Waals surface area contributed by atoms with Gasteiger partial charge in [-0.05, 0) is 56.1 Å². The molecule has 0 atom stereocenters. The largest absolute Gasteiger partial charge is 0.313 e. The SMILES string of the molecule is CCc1ccc(CC(CC)(CC)CNC2CC2)s1. The summed E-state index contributed by atoms with van der Waals surface area (Å²) in [6.07, 6.45) is 7.77. The summed E-state index contributed by atoms with van der Waals surface area (Å²) in [4.78, 5) is 3.11. The lowest BCUT2D eigenvalue weighted by molar-refractivity contribution is 0.247. The summed E-state index contributed by atoms with van der Waals surface area (Å²) in [6, 6.07) is 5.49. The van der Waals surface area contributed by atoms with E-state index in [0.717, 1.165) is 6.04 Å². The molecule has 102 valence electrons. The van der Waals surface area contributed by atoms with E-state index in [4.69, 9.17) is 0 Å². The van der Waals surface area contributed by atoms with E-state index in [-0.39, 0.29) is 0 Å². The molecule has 0 spiro atoms. The van der Waals surface area contributed by atoms with Crippen LogP contribution in [0, 0.1) is 5.41 Å². The standard InChI is InChI=1S/C16H27NS/c1-4-14-9-10-15(18-14)11-16(5-2,6-3)12-17-13-7-8-13/h9-10,13,17H,4-8,11-12H2,1-3H3. The Morgan fingerprint density at radius 3 is 2.33 bits per heavy atom. The molecule has 1 nitrogen and oxygen atoms in total. The van der Waals surface area contributed by atoms with Gasteiger partial charge in [0.1, 0.15) is 0 Å². The predicted octanol–water partition coefficient (Wildman–Crippen LogP) is 4.41. The molecule has 18 heavy (non-hydrogen) atoms. The van der Waals surface area contributed by atoms with Crippen molar-refractivity contribution in [3.8, 4) is 0 Å². The fraction of sp³-hybridized carbons (Fsp3) is 0.750. The lowest BCUT2D eigenvalue weighted by Gasteiger charge is -2.32. The highest BCUT2D eigenvalue weighted by Gasteiger charge is 2.30. The van der Waals surface area contributed by atoms with Crippen LogP contribution in [-0.4, -0.2) is 12.6 Å². The topological polar surface area (TPSA) is 12.0 Å². The lowest BCUT2D eigenvalue weighted by Crippen LogP contribution is -2.36. The third-order valence-electron chi connectivity index (χ3n) is 4.46. The summed E-state index contributed by atoms with van der Waals surface area (Å²) < 4.78 is 0. The van der Waals surface area contributed by atoms with E-state index >= 15 is 0 Å². The highest BCUT2D eigenvalue weighted by Crippen LogP contribution is 2.34. The maximum atomic E-state index is 3.75. The second-order valence-corrected chi connectivity index (χ2v) is 7.01. The van der Waals surface area contributed by atoms with Gasteiger partial charge in [-0.3, -0.25) is 0 Å². The first-order valence-electron chi connectivity index (χ1n) is 7.52. The Hall–Kier alpha value is -0.340. The number of rotatable bonds is 8. The molecule has 1 aliphatic rings. The van der Waals surface area contributed by atoms with Crippen LogP contribution in [0.25, 0.3) is 0 Å². The highest BCUT2D eigenvalue weighted by molar-refractivity contribution is 7.11. The van der Waals surface area contributed by atoms with Gasteiger partial charge in [0.2, 0.25) is 0 Å². The van der Waals surface area contributed by atoms with E-state index in [0.29, 0.717) is 5.41 Å². The molecule has 0 saturated heterocycles. The summed E-state index contributed by atoms with van der Waals surface area (Å²) in [5, 5.41) is 3.75. The molecule has 0 aromatic carbocycles. The van der Waals surface area contributed by atoms with Crippen molar-refractivity contribution in [2.45, 2.75) is 65.3 Å². The maximum absolute atomic E-state index is 3.75. The number of hydrogen-bond acceptors (Lipinski definition) is 2. The van der Waals surface area contributed by atoms with E-state index in [9.17, 15) is 0 Å². The van der Waals surface area contributed by atoms with Crippen molar-refractivity contribution in [2.75, 3.05) is 6.54 Å². The van der Waals surface area contributed by atoms with Gasteiger partial charge in [0.05, 0.1) is 0 Å². The molecule has 2 rings (SSSR count).